The Bertz CT molecular complexity index is 1630. The second kappa shape index (κ2) is 10.0. The Morgan fingerprint density at radius 1 is 1.12 bits per heavy atom. The molecular weight excluding hydrogens is 558 g/mol. The summed E-state index contributed by atoms with van der Waals surface area (Å²) in [5, 5.41) is 24.2. The van der Waals surface area contributed by atoms with Crippen LogP contribution in [0.1, 0.15) is 27.9 Å². The van der Waals surface area contributed by atoms with Crippen LogP contribution in [0.4, 0.5) is 0 Å². The van der Waals surface area contributed by atoms with Crippen LogP contribution in [0.15, 0.2) is 24.3 Å². The highest BCUT2D eigenvalue weighted by atomic mass is 16.5. The van der Waals surface area contributed by atoms with Crippen LogP contribution in [0.2, 0.25) is 0 Å². The van der Waals surface area contributed by atoms with E-state index >= 15 is 0 Å². The number of esters is 1. The molecule has 1 heterocycles. The molecule has 12 heteroatoms. The first kappa shape index (κ1) is 29.1. The molecule has 226 valence electrons. The monoisotopic (exact) mass is 591 g/mol. The van der Waals surface area contributed by atoms with Gasteiger partial charge in [0.2, 0.25) is 5.91 Å². The summed E-state index contributed by atoms with van der Waals surface area (Å²) in [6, 6.07) is 6.17. The average Bonchev–Trinajstić information content (AvgIpc) is 2.92. The quantitative estimate of drug-likeness (QED) is 0.304. The lowest BCUT2D eigenvalue weighted by atomic mass is 9.52. The number of amides is 1. The number of Topliss-reactive ketones (excluding diaryl/α,β-unsaturated/α-hetero) is 4. The van der Waals surface area contributed by atoms with Crippen molar-refractivity contribution in [2.45, 2.75) is 31.0 Å². The van der Waals surface area contributed by atoms with E-state index in [1.165, 1.54) is 12.0 Å². The van der Waals surface area contributed by atoms with Crippen molar-refractivity contribution >= 4 is 45.8 Å². The molecule has 3 fully saturated rings. The van der Waals surface area contributed by atoms with Crippen LogP contribution in [-0.4, -0.2) is 101 Å². The van der Waals surface area contributed by atoms with E-state index in [1.54, 1.807) is 26.2 Å². The third kappa shape index (κ3) is 4.15. The molecule has 0 bridgehead atoms. The molecule has 6 atom stereocenters. The average molecular weight is 592 g/mol. The zero-order valence-corrected chi connectivity index (χ0v) is 24.0. The number of rotatable bonds is 5. The number of benzene rings is 2. The van der Waals surface area contributed by atoms with Crippen molar-refractivity contribution < 1.29 is 43.7 Å². The molecule has 2 unspecified atom stereocenters. The van der Waals surface area contributed by atoms with Gasteiger partial charge in [-0.05, 0) is 55.4 Å². The van der Waals surface area contributed by atoms with Crippen LogP contribution in [-0.2, 0) is 41.7 Å². The summed E-state index contributed by atoms with van der Waals surface area (Å²) in [6.45, 7) is 1.61. The van der Waals surface area contributed by atoms with Crippen molar-refractivity contribution in [2.75, 3.05) is 34.3 Å². The molecule has 43 heavy (non-hydrogen) atoms. The van der Waals surface area contributed by atoms with E-state index in [-0.39, 0.29) is 36.0 Å². The number of carbonyl (C=O) groups is 6. The smallest absolute Gasteiger partial charge is 0.311 e. The lowest BCUT2D eigenvalue weighted by Crippen LogP contribution is -2.74. The second-order valence-corrected chi connectivity index (χ2v) is 12.5. The highest BCUT2D eigenvalue weighted by Crippen LogP contribution is 2.51. The number of fused-ring (bicyclic) bond motifs is 4. The van der Waals surface area contributed by atoms with Gasteiger partial charge in [0, 0.05) is 30.9 Å². The van der Waals surface area contributed by atoms with Gasteiger partial charge in [-0.2, -0.15) is 0 Å². The number of ether oxygens (including phenoxy) is 1. The number of likely N-dealkylation sites (tertiary alicyclic amines) is 1. The van der Waals surface area contributed by atoms with Crippen molar-refractivity contribution in [2.24, 2.45) is 35.3 Å². The molecule has 0 aromatic heterocycles. The maximum atomic E-state index is 14.0. The first-order chi connectivity index (χ1) is 20.3. The van der Waals surface area contributed by atoms with Crippen LogP contribution in [0.3, 0.4) is 0 Å². The minimum absolute atomic E-state index is 0.00400. The number of aliphatic hydroxyl groups is 1. The highest BCUT2D eigenvalue weighted by molar-refractivity contribution is 6.32. The number of nitrogens with zero attached hydrogens (tertiary/aromatic N) is 2. The second-order valence-electron chi connectivity index (χ2n) is 12.5. The summed E-state index contributed by atoms with van der Waals surface area (Å²) in [6.07, 6.45) is 0.212. The van der Waals surface area contributed by atoms with Gasteiger partial charge in [0.15, 0.2) is 34.7 Å². The van der Waals surface area contributed by atoms with E-state index in [0.29, 0.717) is 36.0 Å². The number of carbonyl (C=O) groups excluding carboxylic acids is 6. The molecule has 1 saturated heterocycles. The lowest BCUT2D eigenvalue weighted by Gasteiger charge is -2.52. The van der Waals surface area contributed by atoms with Gasteiger partial charge in [-0.15, -0.1) is 0 Å². The summed E-state index contributed by atoms with van der Waals surface area (Å²) in [4.78, 5) is 81.9. The third-order valence-corrected chi connectivity index (χ3v) is 9.83. The van der Waals surface area contributed by atoms with E-state index in [0.717, 1.165) is 5.56 Å². The van der Waals surface area contributed by atoms with Gasteiger partial charge in [-0.1, -0.05) is 18.2 Å². The molecule has 2 aromatic carbocycles. The Balaban J connectivity index is 1.35. The minimum atomic E-state index is -2.75. The number of methoxy groups -OCH3 is 1. The van der Waals surface area contributed by atoms with Gasteiger partial charge in [-0.3, -0.25) is 38.6 Å². The van der Waals surface area contributed by atoms with Crippen molar-refractivity contribution in [3.8, 4) is 5.75 Å². The standard InChI is InChI=1S/C31H33N3O9/c1-33(2)23-19-9-16-8-15-7-14-5-4-13(10-34-11-17(12-34)30(41)43-3)6-18(14)24(35)20(15)25(36)21(16)27(38)31(19,42)28(39)22(26(23)37)29(32)40/h4-7,16-17,19,21-23,35,42H,8-12H2,1-3H3,(H2,32,40)/t16-,19-,21?,22?,23-,31-/m0/s1. The molecule has 2 saturated carbocycles. The largest absolute Gasteiger partial charge is 0.507 e. The van der Waals surface area contributed by atoms with E-state index in [1.807, 2.05) is 12.1 Å². The van der Waals surface area contributed by atoms with Crippen LogP contribution in [0.25, 0.3) is 10.8 Å². The fraction of sp³-hybridized carbons (Fsp3) is 0.484. The number of hydrogen-bond donors (Lipinski definition) is 3. The van der Waals surface area contributed by atoms with E-state index < -0.39 is 64.4 Å². The van der Waals surface area contributed by atoms with Crippen molar-refractivity contribution in [3.05, 3.63) is 41.0 Å². The summed E-state index contributed by atoms with van der Waals surface area (Å²) >= 11 is 0. The molecule has 2 aromatic rings. The number of hydrogen-bond acceptors (Lipinski definition) is 11. The Kier molecular flexibility index (Phi) is 6.79. The number of likely N-dealkylation sites (N-methyl/N-ethyl adjacent to an activating group) is 1. The zero-order chi connectivity index (χ0) is 31.1. The highest BCUT2D eigenvalue weighted by Gasteiger charge is 2.69. The summed E-state index contributed by atoms with van der Waals surface area (Å²) in [7, 11) is 4.45. The predicted molar refractivity (Wildman–Crippen MR) is 150 cm³/mol. The number of phenolic OH excluding ortho intramolecular Hbond substituents is 1. The van der Waals surface area contributed by atoms with Crippen LogP contribution < -0.4 is 5.73 Å². The normalized spacial score (nSPS) is 31.0. The summed E-state index contributed by atoms with van der Waals surface area (Å²) < 4.78 is 4.79. The van der Waals surface area contributed by atoms with Gasteiger partial charge >= 0.3 is 5.97 Å². The lowest BCUT2D eigenvalue weighted by molar-refractivity contribution is -0.181. The van der Waals surface area contributed by atoms with E-state index in [9.17, 15) is 39.0 Å². The maximum Gasteiger partial charge on any atom is 0.311 e. The maximum absolute atomic E-state index is 14.0. The van der Waals surface area contributed by atoms with Crippen molar-refractivity contribution in [1.29, 1.82) is 0 Å². The summed E-state index contributed by atoms with van der Waals surface area (Å²) in [5.41, 5.74) is 3.96. The Morgan fingerprint density at radius 2 is 1.81 bits per heavy atom. The van der Waals surface area contributed by atoms with Crippen molar-refractivity contribution in [1.82, 2.24) is 9.80 Å². The molecule has 6 rings (SSSR count). The number of ketones is 4. The summed E-state index contributed by atoms with van der Waals surface area (Å²) in [5.74, 6) is -11.1. The molecule has 12 nitrogen and oxygen atoms in total. The molecule has 4 N–H and O–H groups in total. The first-order valence-electron chi connectivity index (χ1n) is 14.2. The van der Waals surface area contributed by atoms with Gasteiger partial charge in [-0.25, -0.2) is 0 Å². The molecule has 0 spiro atoms. The predicted octanol–water partition coefficient (Wildman–Crippen LogP) is -0.375. The molecule has 4 aliphatic rings. The Labute approximate surface area is 246 Å². The molecule has 1 amide bonds. The van der Waals surface area contributed by atoms with Gasteiger partial charge in [0.05, 0.1) is 30.6 Å². The Hall–Kier alpha value is -4.00. The van der Waals surface area contributed by atoms with Crippen LogP contribution in [0, 0.1) is 29.6 Å². The number of primary amides is 1. The van der Waals surface area contributed by atoms with E-state index in [4.69, 9.17) is 10.5 Å². The third-order valence-electron chi connectivity index (χ3n) is 9.83. The van der Waals surface area contributed by atoms with Crippen LogP contribution >= 0.6 is 0 Å². The molecule has 1 aliphatic heterocycles. The zero-order valence-electron chi connectivity index (χ0n) is 24.0. The number of phenols is 1. The van der Waals surface area contributed by atoms with Gasteiger partial charge in [0.25, 0.3) is 0 Å². The topological polar surface area (TPSA) is 185 Å². The Morgan fingerprint density at radius 3 is 2.44 bits per heavy atom. The fourth-order valence-corrected chi connectivity index (χ4v) is 7.79. The number of aromatic hydroxyl groups is 1. The molecule has 0 radical (unpaired) electrons. The van der Waals surface area contributed by atoms with Gasteiger partial charge in [0.1, 0.15) is 5.75 Å². The van der Waals surface area contributed by atoms with Gasteiger partial charge < -0.3 is 20.7 Å². The number of nitrogens with two attached hydrogens (primary N) is 1. The SMILES string of the molecule is COC(=O)C1CN(Cc2ccc3cc4c(c(O)c3c2)C(=O)C2C(=O)[C@]3(O)C(=O)C(C(N)=O)C(=O)[C@@H](N(C)C)[C@@H]3C[C@@H]2C4)C1. The van der Waals surface area contributed by atoms with E-state index in [2.05, 4.69) is 4.90 Å². The van der Waals surface area contributed by atoms with Crippen molar-refractivity contribution in [3.63, 3.8) is 0 Å². The minimum Gasteiger partial charge on any atom is -0.507 e. The first-order valence-corrected chi connectivity index (χ1v) is 14.2. The fourth-order valence-electron chi connectivity index (χ4n) is 7.79. The molecule has 3 aliphatic carbocycles. The van der Waals surface area contributed by atoms with Crippen LogP contribution in [0.5, 0.6) is 5.75 Å². The molecular formula is C31H33N3O9.